The highest BCUT2D eigenvalue weighted by Crippen LogP contribution is 2.09. The van der Waals surface area contributed by atoms with Crippen molar-refractivity contribution in [2.24, 2.45) is 12.9 Å². The zero-order valence-corrected chi connectivity index (χ0v) is 8.51. The number of nitrogen functional groups attached to an aromatic ring is 1. The van der Waals surface area contributed by atoms with Crippen molar-refractivity contribution < 1.29 is 0 Å². The molecule has 0 aliphatic heterocycles. The second-order valence-corrected chi connectivity index (χ2v) is 3.31. The lowest BCUT2D eigenvalue weighted by molar-refractivity contribution is 0.823. The summed E-state index contributed by atoms with van der Waals surface area (Å²) in [6.07, 6.45) is 0.756. The zero-order chi connectivity index (χ0) is 10.7. The third-order valence-corrected chi connectivity index (χ3v) is 2.30. The summed E-state index contributed by atoms with van der Waals surface area (Å²) in [4.78, 5) is 0. The van der Waals surface area contributed by atoms with Crippen molar-refractivity contribution in [2.75, 3.05) is 5.43 Å². The number of hydrogen-bond donors (Lipinski definition) is 2. The van der Waals surface area contributed by atoms with E-state index in [1.54, 1.807) is 0 Å². The molecule has 78 valence electrons. The van der Waals surface area contributed by atoms with Crippen LogP contribution >= 0.6 is 0 Å². The van der Waals surface area contributed by atoms with E-state index in [0.29, 0.717) is 5.95 Å². The van der Waals surface area contributed by atoms with Gasteiger partial charge >= 0.3 is 0 Å². The van der Waals surface area contributed by atoms with Gasteiger partial charge in [0.2, 0.25) is 5.95 Å². The first-order chi connectivity index (χ1) is 7.31. The summed E-state index contributed by atoms with van der Waals surface area (Å²) in [6.45, 7) is 0. The Balaban J connectivity index is 2.21. The number of anilines is 1. The fraction of sp³-hybridized carbons (Fsp3) is 0.200. The van der Waals surface area contributed by atoms with Crippen molar-refractivity contribution in [3.05, 3.63) is 41.7 Å². The molecule has 5 nitrogen and oxygen atoms in total. The average Bonchev–Trinajstić information content (AvgIpc) is 2.62. The molecule has 5 heteroatoms. The van der Waals surface area contributed by atoms with E-state index < -0.39 is 0 Å². The van der Waals surface area contributed by atoms with Crippen molar-refractivity contribution >= 4 is 5.95 Å². The summed E-state index contributed by atoms with van der Waals surface area (Å²) in [5.41, 5.74) is 3.70. The monoisotopic (exact) mass is 203 g/mol. The van der Waals surface area contributed by atoms with Crippen molar-refractivity contribution in [3.8, 4) is 0 Å². The van der Waals surface area contributed by atoms with E-state index in [0.717, 1.165) is 12.2 Å². The van der Waals surface area contributed by atoms with E-state index in [1.165, 1.54) is 5.56 Å². The average molecular weight is 203 g/mol. The second kappa shape index (κ2) is 4.10. The maximum atomic E-state index is 5.28. The smallest absolute Gasteiger partial charge is 0.238 e. The maximum absolute atomic E-state index is 5.28. The topological polar surface area (TPSA) is 68.8 Å². The molecular weight excluding hydrogens is 190 g/mol. The first-order valence-corrected chi connectivity index (χ1v) is 4.70. The second-order valence-electron chi connectivity index (χ2n) is 3.31. The van der Waals surface area contributed by atoms with E-state index in [2.05, 4.69) is 27.8 Å². The van der Waals surface area contributed by atoms with Gasteiger partial charge in [0.05, 0.1) is 0 Å². The summed E-state index contributed by atoms with van der Waals surface area (Å²) in [7, 11) is 1.88. The van der Waals surface area contributed by atoms with Crippen LogP contribution in [0.15, 0.2) is 30.3 Å². The van der Waals surface area contributed by atoms with Crippen LogP contribution in [0.1, 0.15) is 11.4 Å². The van der Waals surface area contributed by atoms with Crippen LogP contribution in [0.4, 0.5) is 5.95 Å². The largest absolute Gasteiger partial charge is 0.299 e. The van der Waals surface area contributed by atoms with Crippen LogP contribution in [0.3, 0.4) is 0 Å². The Labute approximate surface area is 87.9 Å². The minimum atomic E-state index is 0.570. The number of rotatable bonds is 3. The quantitative estimate of drug-likeness (QED) is 0.569. The van der Waals surface area contributed by atoms with Crippen molar-refractivity contribution in [1.82, 2.24) is 14.8 Å². The number of hydrazine groups is 1. The van der Waals surface area contributed by atoms with Crippen molar-refractivity contribution in [2.45, 2.75) is 6.42 Å². The number of aromatic nitrogens is 3. The van der Waals surface area contributed by atoms with Gasteiger partial charge in [-0.3, -0.25) is 9.99 Å². The fourth-order valence-corrected chi connectivity index (χ4v) is 1.42. The molecule has 0 fully saturated rings. The number of hydrogen-bond acceptors (Lipinski definition) is 4. The van der Waals surface area contributed by atoms with Gasteiger partial charge in [0.15, 0.2) is 0 Å². The van der Waals surface area contributed by atoms with Crippen LogP contribution < -0.4 is 11.3 Å². The van der Waals surface area contributed by atoms with Gasteiger partial charge in [-0.2, -0.15) is 0 Å². The first kappa shape index (κ1) is 9.67. The molecule has 0 saturated heterocycles. The van der Waals surface area contributed by atoms with Crippen LogP contribution in [-0.2, 0) is 13.5 Å². The third kappa shape index (κ3) is 1.97. The molecule has 1 aromatic carbocycles. The highest BCUT2D eigenvalue weighted by atomic mass is 15.4. The molecule has 0 aliphatic carbocycles. The Morgan fingerprint density at radius 1 is 1.27 bits per heavy atom. The Kier molecular flexibility index (Phi) is 2.64. The van der Waals surface area contributed by atoms with E-state index in [1.807, 2.05) is 29.8 Å². The number of benzene rings is 1. The maximum Gasteiger partial charge on any atom is 0.238 e. The molecule has 15 heavy (non-hydrogen) atoms. The molecule has 0 saturated carbocycles. The van der Waals surface area contributed by atoms with Gasteiger partial charge in [-0.1, -0.05) is 30.3 Å². The Hall–Kier alpha value is -1.88. The van der Waals surface area contributed by atoms with Gasteiger partial charge in [-0.05, 0) is 5.56 Å². The molecule has 1 heterocycles. The highest BCUT2D eigenvalue weighted by molar-refractivity contribution is 5.26. The van der Waals surface area contributed by atoms with Gasteiger partial charge in [0.25, 0.3) is 0 Å². The molecule has 0 bridgehead atoms. The fourth-order valence-electron chi connectivity index (χ4n) is 1.42. The molecule has 2 rings (SSSR count). The Morgan fingerprint density at radius 2 is 2.00 bits per heavy atom. The molecule has 3 N–H and O–H groups in total. The van der Waals surface area contributed by atoms with E-state index in [-0.39, 0.29) is 0 Å². The SMILES string of the molecule is Cn1c(Cc2ccccc2)nnc1NN. The number of nitrogens with zero attached hydrogens (tertiary/aromatic N) is 3. The molecule has 0 atom stereocenters. The van der Waals surface area contributed by atoms with Crippen LogP contribution in [0, 0.1) is 0 Å². The number of nitrogens with two attached hydrogens (primary N) is 1. The standard InChI is InChI=1S/C10H13N5/c1-15-9(13-14-10(15)12-11)7-8-5-3-2-4-6-8/h2-6H,7,11H2,1H3,(H,12,14). The summed E-state index contributed by atoms with van der Waals surface area (Å²) in [5.74, 6) is 6.74. The van der Waals surface area contributed by atoms with Gasteiger partial charge < -0.3 is 0 Å². The highest BCUT2D eigenvalue weighted by Gasteiger charge is 2.07. The van der Waals surface area contributed by atoms with Gasteiger partial charge in [0.1, 0.15) is 5.82 Å². The molecule has 0 aliphatic rings. The summed E-state index contributed by atoms with van der Waals surface area (Å²) in [6, 6.07) is 10.1. The lowest BCUT2D eigenvalue weighted by Crippen LogP contribution is -2.12. The van der Waals surface area contributed by atoms with Gasteiger partial charge in [-0.25, -0.2) is 5.84 Å². The Bertz CT molecular complexity index is 434. The van der Waals surface area contributed by atoms with Crippen LogP contribution in [0.2, 0.25) is 0 Å². The Morgan fingerprint density at radius 3 is 2.60 bits per heavy atom. The molecule has 0 spiro atoms. The van der Waals surface area contributed by atoms with Gasteiger partial charge in [0, 0.05) is 13.5 Å². The van der Waals surface area contributed by atoms with Crippen LogP contribution in [0.5, 0.6) is 0 Å². The molecule has 0 amide bonds. The third-order valence-electron chi connectivity index (χ3n) is 2.30. The zero-order valence-electron chi connectivity index (χ0n) is 8.51. The normalized spacial score (nSPS) is 10.3. The van der Waals surface area contributed by atoms with Crippen molar-refractivity contribution in [1.29, 1.82) is 0 Å². The van der Waals surface area contributed by atoms with E-state index >= 15 is 0 Å². The van der Waals surface area contributed by atoms with Crippen molar-refractivity contribution in [3.63, 3.8) is 0 Å². The predicted molar refractivity (Wildman–Crippen MR) is 58.1 cm³/mol. The van der Waals surface area contributed by atoms with Crippen LogP contribution in [-0.4, -0.2) is 14.8 Å². The lowest BCUT2D eigenvalue weighted by Gasteiger charge is -2.02. The minimum Gasteiger partial charge on any atom is -0.299 e. The summed E-state index contributed by atoms with van der Waals surface area (Å²) < 4.78 is 1.84. The molecular formula is C10H13N5. The van der Waals surface area contributed by atoms with Gasteiger partial charge in [-0.15, -0.1) is 10.2 Å². The van der Waals surface area contributed by atoms with E-state index in [4.69, 9.17) is 5.84 Å². The summed E-state index contributed by atoms with van der Waals surface area (Å²) in [5, 5.41) is 7.96. The molecule has 2 aromatic rings. The van der Waals surface area contributed by atoms with E-state index in [9.17, 15) is 0 Å². The molecule has 0 radical (unpaired) electrons. The van der Waals surface area contributed by atoms with Crippen LogP contribution in [0.25, 0.3) is 0 Å². The summed E-state index contributed by atoms with van der Waals surface area (Å²) >= 11 is 0. The molecule has 1 aromatic heterocycles. The first-order valence-electron chi connectivity index (χ1n) is 4.70. The predicted octanol–water partition coefficient (Wildman–Crippen LogP) is 0.692. The lowest BCUT2D eigenvalue weighted by atomic mass is 10.1. The minimum absolute atomic E-state index is 0.570. The number of nitrogens with one attached hydrogen (secondary N) is 1. The molecule has 0 unspecified atom stereocenters.